The van der Waals surface area contributed by atoms with Gasteiger partial charge in [-0.15, -0.1) is 0 Å². The molecule has 0 saturated heterocycles. The highest BCUT2D eigenvalue weighted by molar-refractivity contribution is 4.99. The molecule has 0 radical (unpaired) electrons. The van der Waals surface area contributed by atoms with Crippen LogP contribution < -0.4 is 0 Å². The van der Waals surface area contributed by atoms with Crippen LogP contribution in [0.2, 0.25) is 0 Å². The van der Waals surface area contributed by atoms with Gasteiger partial charge >= 0.3 is 84.7 Å². The van der Waals surface area contributed by atoms with Gasteiger partial charge in [-0.1, -0.05) is 0 Å². The van der Waals surface area contributed by atoms with Crippen LogP contribution in [0.4, 0.5) is 127 Å². The van der Waals surface area contributed by atoms with Crippen molar-refractivity contribution in [1.82, 2.24) is 0 Å². The summed E-state index contributed by atoms with van der Waals surface area (Å²) < 4.78 is 386. The summed E-state index contributed by atoms with van der Waals surface area (Å²) in [5, 5.41) is 8.11. The van der Waals surface area contributed by atoms with E-state index in [0.29, 0.717) is 0 Å². The topological polar surface area (TPSA) is 57.2 Å². The van der Waals surface area contributed by atoms with E-state index in [1.54, 1.807) is 0 Å². The normalized spacial score (nSPS) is 20.7. The summed E-state index contributed by atoms with van der Waals surface area (Å²) in [4.78, 5) is 0. The van der Waals surface area contributed by atoms with Gasteiger partial charge in [-0.2, -0.15) is 127 Å². The quantitative estimate of drug-likeness (QED) is 0.189. The molecule has 5 nitrogen and oxygen atoms in total. The van der Waals surface area contributed by atoms with Gasteiger partial charge in [0.25, 0.3) is 0 Å². The number of hydrogen-bond acceptors (Lipinski definition) is 5. The predicted molar refractivity (Wildman–Crippen MR) is 81.8 cm³/mol. The van der Waals surface area contributed by atoms with Crippen LogP contribution in [0.15, 0.2) is 0 Å². The first-order valence-electron chi connectivity index (χ1n) is 10.0. The van der Waals surface area contributed by atoms with Crippen LogP contribution in [-0.4, -0.2) is 96.4 Å². The van der Waals surface area contributed by atoms with Gasteiger partial charge in [0.2, 0.25) is 0 Å². The fourth-order valence-corrected chi connectivity index (χ4v) is 2.19. The first kappa shape index (κ1) is 46.8. The molecule has 0 unspecified atom stereocenters. The Bertz CT molecular complexity index is 1150. The molecule has 0 aliphatic carbocycles. The van der Waals surface area contributed by atoms with Crippen molar-refractivity contribution in [2.75, 3.05) is 6.61 Å². The van der Waals surface area contributed by atoms with Gasteiger partial charge in [0.15, 0.2) is 0 Å². The molecule has 0 heterocycles. The molecule has 0 aliphatic rings. The van der Waals surface area contributed by atoms with Crippen molar-refractivity contribution in [1.29, 1.82) is 0 Å². The van der Waals surface area contributed by atoms with Gasteiger partial charge in [-0.25, -0.2) is 0 Å². The van der Waals surface area contributed by atoms with E-state index in [4.69, 9.17) is 5.11 Å². The minimum absolute atomic E-state index is 0.845. The largest absolute Gasteiger partial charge is 0.462 e. The zero-order chi connectivity index (χ0) is 40.5. The second-order valence-corrected chi connectivity index (χ2v) is 8.21. The maximum Gasteiger partial charge on any atom is 0.462 e. The zero-order valence-corrected chi connectivity index (χ0v) is 20.7. The van der Waals surface area contributed by atoms with Crippen molar-refractivity contribution in [2.45, 2.75) is 84.7 Å². The third-order valence-corrected chi connectivity index (χ3v) is 4.66. The van der Waals surface area contributed by atoms with Crippen LogP contribution in [0.1, 0.15) is 0 Å². The fraction of sp³-hybridized carbons (Fsp3) is 1.00. The molecular weight excluding hydrogens is 811 g/mol. The van der Waals surface area contributed by atoms with E-state index < -0.39 is 91.3 Å². The number of halogens is 29. The maximum absolute atomic E-state index is 14.3. The molecule has 0 fully saturated rings. The number of aliphatic hydroxyl groups is 1. The average Bonchev–Trinajstić information content (AvgIpc) is 2.78. The van der Waals surface area contributed by atoms with Crippen molar-refractivity contribution in [3.63, 3.8) is 0 Å². The molecule has 0 aliphatic heterocycles. The van der Waals surface area contributed by atoms with Crippen molar-refractivity contribution >= 4 is 0 Å². The van der Waals surface area contributed by atoms with E-state index in [0.717, 1.165) is 14.2 Å². The fourth-order valence-electron chi connectivity index (χ4n) is 2.19. The molecule has 0 spiro atoms. The smallest absolute Gasteiger partial charge is 0.390 e. The molecule has 0 saturated carbocycles. The highest BCUT2D eigenvalue weighted by atomic mass is 19.4. The Balaban J connectivity index is 7.61. The van der Waals surface area contributed by atoms with E-state index in [9.17, 15) is 127 Å². The first-order valence-corrected chi connectivity index (χ1v) is 10.0. The minimum Gasteiger partial charge on any atom is -0.390 e. The van der Waals surface area contributed by atoms with Gasteiger partial charge in [0.1, 0.15) is 6.61 Å². The Morgan fingerprint density at radius 1 is 0.286 bits per heavy atom. The summed E-state index contributed by atoms with van der Waals surface area (Å²) in [6, 6.07) is 0. The Hall–Kier alpha value is -2.23. The first-order chi connectivity index (χ1) is 20.6. The third kappa shape index (κ3) is 7.84. The summed E-state index contributed by atoms with van der Waals surface area (Å²) >= 11 is 0. The van der Waals surface area contributed by atoms with Gasteiger partial charge < -0.3 is 5.11 Å². The molecule has 296 valence electrons. The van der Waals surface area contributed by atoms with Crippen molar-refractivity contribution < 1.29 is 151 Å². The SMILES string of the molecule is OC[C@](F)(OC(F)(F)[C@@](F)(OC(F)(F)[C@](F)(OC(F)(F)[C@](F)(OC(F)(F)C(F)(F)C(F)(F)F)C(F)(F)F)C(F)(F)F)C(F)(F)F)C(F)(F)F. The summed E-state index contributed by atoms with van der Waals surface area (Å²) in [7, 11) is 0. The highest BCUT2D eigenvalue weighted by Gasteiger charge is 2.90. The molecular formula is C15H3F29O5. The predicted octanol–water partition coefficient (Wildman–Crippen LogP) is 8.53. The molecule has 0 bridgehead atoms. The van der Waals surface area contributed by atoms with Crippen LogP contribution in [0.25, 0.3) is 0 Å². The van der Waals surface area contributed by atoms with Crippen LogP contribution in [-0.2, 0) is 18.9 Å². The molecule has 0 rings (SSSR count). The zero-order valence-electron chi connectivity index (χ0n) is 20.7. The summed E-state index contributed by atoms with van der Waals surface area (Å²) in [5.74, 6) is -42.2. The average molecular weight is 814 g/mol. The number of hydrogen-bond donors (Lipinski definition) is 1. The lowest BCUT2D eigenvalue weighted by Gasteiger charge is -2.44. The number of aliphatic hydroxyl groups excluding tert-OH is 1. The van der Waals surface area contributed by atoms with E-state index in [1.807, 2.05) is 0 Å². The van der Waals surface area contributed by atoms with Gasteiger partial charge in [-0.05, 0) is 0 Å². The summed E-state index contributed by atoms with van der Waals surface area (Å²) in [5.41, 5.74) is 0. The van der Waals surface area contributed by atoms with Crippen LogP contribution in [0.3, 0.4) is 0 Å². The van der Waals surface area contributed by atoms with E-state index in [-0.39, 0.29) is 0 Å². The second-order valence-electron chi connectivity index (χ2n) is 8.21. The highest BCUT2D eigenvalue weighted by Crippen LogP contribution is 2.61. The van der Waals surface area contributed by atoms with Crippen molar-refractivity contribution in [2.24, 2.45) is 0 Å². The maximum atomic E-state index is 14.3. The molecule has 0 aromatic carbocycles. The number of rotatable bonds is 13. The third-order valence-electron chi connectivity index (χ3n) is 4.66. The summed E-state index contributed by atoms with van der Waals surface area (Å²) in [6.07, 6.45) is -76.7. The van der Waals surface area contributed by atoms with Crippen LogP contribution in [0.5, 0.6) is 0 Å². The van der Waals surface area contributed by atoms with Gasteiger partial charge in [0.05, 0.1) is 0 Å². The van der Waals surface area contributed by atoms with E-state index in [2.05, 4.69) is 0 Å². The van der Waals surface area contributed by atoms with E-state index >= 15 is 0 Å². The Morgan fingerprint density at radius 2 is 0.510 bits per heavy atom. The lowest BCUT2D eigenvalue weighted by Crippen LogP contribution is -2.72. The van der Waals surface area contributed by atoms with E-state index in [1.165, 1.54) is 4.74 Å². The lowest BCUT2D eigenvalue weighted by molar-refractivity contribution is -0.593. The second kappa shape index (κ2) is 12.2. The summed E-state index contributed by atoms with van der Waals surface area (Å²) in [6.45, 7) is -3.78. The molecule has 34 heteroatoms. The number of ether oxygens (including phenoxy) is 4. The number of alkyl halides is 29. The Kier molecular flexibility index (Phi) is 11.6. The van der Waals surface area contributed by atoms with Crippen molar-refractivity contribution in [3.8, 4) is 0 Å². The van der Waals surface area contributed by atoms with Gasteiger partial charge in [0, 0.05) is 0 Å². The Labute approximate surface area is 244 Å². The molecule has 49 heavy (non-hydrogen) atoms. The molecule has 0 amide bonds. The molecule has 0 aromatic rings. The van der Waals surface area contributed by atoms with Crippen LogP contribution in [0, 0.1) is 0 Å². The lowest BCUT2D eigenvalue weighted by atomic mass is 10.2. The monoisotopic (exact) mass is 814 g/mol. The van der Waals surface area contributed by atoms with Crippen LogP contribution >= 0.6 is 0 Å². The Morgan fingerprint density at radius 3 is 0.694 bits per heavy atom. The molecule has 0 aromatic heterocycles. The van der Waals surface area contributed by atoms with Crippen molar-refractivity contribution in [3.05, 3.63) is 0 Å². The molecule has 1 N–H and O–H groups in total. The minimum atomic E-state index is -9.19. The van der Waals surface area contributed by atoms with Gasteiger partial charge in [-0.3, -0.25) is 18.9 Å². The standard InChI is InChI=1S/C15H3F29O5/c16-2(1-45,7(22,23)24)46-13(39,40)4(19,9(28,29)30)48-15(43,44)6(21,11(34,35)36)49-14(41,42)5(20,10(31,32)33)47-12(37,38)3(17,18)8(25,26)27/h45H,1H2/t2-,4-,5+,6+/m0/s1. The molecule has 4 atom stereocenters.